The van der Waals surface area contributed by atoms with Crippen molar-refractivity contribution >= 4 is 0 Å². The molecule has 1 unspecified atom stereocenters. The molecular formula is C9H18O2. The Labute approximate surface area is 68.6 Å². The highest BCUT2D eigenvalue weighted by atomic mass is 16.3. The Kier molecular flexibility index (Phi) is 6.18. The van der Waals surface area contributed by atoms with E-state index in [1.54, 1.807) is 6.08 Å². The van der Waals surface area contributed by atoms with E-state index in [4.69, 9.17) is 5.11 Å². The summed E-state index contributed by atoms with van der Waals surface area (Å²) in [5.41, 5.74) is 0. The van der Waals surface area contributed by atoms with Crippen molar-refractivity contribution in [2.45, 2.75) is 32.3 Å². The van der Waals surface area contributed by atoms with Crippen LogP contribution in [0.5, 0.6) is 0 Å². The molecule has 0 aliphatic heterocycles. The van der Waals surface area contributed by atoms with Gasteiger partial charge in [0.05, 0.1) is 12.7 Å². The molecule has 0 bridgehead atoms. The van der Waals surface area contributed by atoms with Crippen molar-refractivity contribution in [3.8, 4) is 0 Å². The molecule has 0 aliphatic rings. The molecule has 0 saturated carbocycles. The van der Waals surface area contributed by atoms with Gasteiger partial charge in [0.15, 0.2) is 0 Å². The Morgan fingerprint density at radius 3 is 2.55 bits per heavy atom. The number of rotatable bonds is 6. The van der Waals surface area contributed by atoms with E-state index >= 15 is 0 Å². The van der Waals surface area contributed by atoms with Crippen LogP contribution in [0.1, 0.15) is 26.2 Å². The van der Waals surface area contributed by atoms with Gasteiger partial charge in [-0.3, -0.25) is 0 Å². The maximum absolute atomic E-state index is 9.41. The van der Waals surface area contributed by atoms with Crippen LogP contribution in [0.25, 0.3) is 0 Å². The number of aliphatic hydroxyl groups excluding tert-OH is 2. The van der Waals surface area contributed by atoms with Gasteiger partial charge in [-0.25, -0.2) is 0 Å². The van der Waals surface area contributed by atoms with E-state index in [-0.39, 0.29) is 12.5 Å². The minimum Gasteiger partial charge on any atom is -0.396 e. The third kappa shape index (κ3) is 4.17. The molecule has 0 rings (SSSR count). The van der Waals surface area contributed by atoms with Crippen LogP contribution < -0.4 is 0 Å². The molecular weight excluding hydrogens is 140 g/mol. The third-order valence-corrected chi connectivity index (χ3v) is 1.86. The Bertz CT molecular complexity index is 102. The largest absolute Gasteiger partial charge is 0.396 e. The zero-order valence-corrected chi connectivity index (χ0v) is 7.16. The Hall–Kier alpha value is -0.340. The fourth-order valence-corrected chi connectivity index (χ4v) is 0.981. The molecule has 2 atom stereocenters. The molecule has 0 amide bonds. The van der Waals surface area contributed by atoms with Gasteiger partial charge in [0.2, 0.25) is 0 Å². The smallest absolute Gasteiger partial charge is 0.0624 e. The van der Waals surface area contributed by atoms with E-state index in [1.165, 1.54) is 0 Å². The lowest BCUT2D eigenvalue weighted by atomic mass is 9.99. The van der Waals surface area contributed by atoms with Gasteiger partial charge in [-0.2, -0.15) is 0 Å². The van der Waals surface area contributed by atoms with Crippen molar-refractivity contribution in [2.24, 2.45) is 5.92 Å². The van der Waals surface area contributed by atoms with Crippen LogP contribution in [0.15, 0.2) is 12.7 Å². The molecule has 0 heterocycles. The summed E-state index contributed by atoms with van der Waals surface area (Å²) in [4.78, 5) is 0. The topological polar surface area (TPSA) is 40.5 Å². The number of unbranched alkanes of at least 4 members (excludes halogenated alkanes) is 1. The lowest BCUT2D eigenvalue weighted by Crippen LogP contribution is -2.21. The minimum atomic E-state index is -0.419. The maximum atomic E-state index is 9.41. The molecule has 0 radical (unpaired) electrons. The van der Waals surface area contributed by atoms with E-state index in [1.807, 2.05) is 0 Å². The molecule has 0 saturated heterocycles. The van der Waals surface area contributed by atoms with Gasteiger partial charge in [-0.05, 0) is 6.42 Å². The molecule has 0 aromatic rings. The standard InChI is InChI=1S/C9H18O2/c1-3-5-6-9(11)8(4-2)7-10/h4,8-11H,2-3,5-7H2,1H3/t8-,9?/m0/s1. The van der Waals surface area contributed by atoms with Gasteiger partial charge in [0.25, 0.3) is 0 Å². The highest BCUT2D eigenvalue weighted by Crippen LogP contribution is 2.10. The molecule has 2 heteroatoms. The summed E-state index contributed by atoms with van der Waals surface area (Å²) in [7, 11) is 0. The van der Waals surface area contributed by atoms with Crippen LogP contribution in [-0.2, 0) is 0 Å². The fraction of sp³-hybridized carbons (Fsp3) is 0.778. The van der Waals surface area contributed by atoms with Crippen LogP contribution in [0.2, 0.25) is 0 Å². The summed E-state index contributed by atoms with van der Waals surface area (Å²) in [6.45, 7) is 5.61. The van der Waals surface area contributed by atoms with E-state index in [0.29, 0.717) is 0 Å². The maximum Gasteiger partial charge on any atom is 0.0624 e. The zero-order valence-electron chi connectivity index (χ0n) is 7.16. The predicted octanol–water partition coefficient (Wildman–Crippen LogP) is 1.33. The van der Waals surface area contributed by atoms with Crippen LogP contribution in [0.3, 0.4) is 0 Å². The number of aliphatic hydroxyl groups is 2. The molecule has 0 aliphatic carbocycles. The summed E-state index contributed by atoms with van der Waals surface area (Å²) in [5, 5.41) is 18.2. The second-order valence-electron chi connectivity index (χ2n) is 2.79. The summed E-state index contributed by atoms with van der Waals surface area (Å²) < 4.78 is 0. The van der Waals surface area contributed by atoms with Crippen LogP contribution in [-0.4, -0.2) is 22.9 Å². The van der Waals surface area contributed by atoms with E-state index in [0.717, 1.165) is 19.3 Å². The van der Waals surface area contributed by atoms with Gasteiger partial charge >= 0.3 is 0 Å². The van der Waals surface area contributed by atoms with Gasteiger partial charge < -0.3 is 10.2 Å². The van der Waals surface area contributed by atoms with Crippen LogP contribution in [0.4, 0.5) is 0 Å². The van der Waals surface area contributed by atoms with Crippen LogP contribution >= 0.6 is 0 Å². The monoisotopic (exact) mass is 158 g/mol. The molecule has 0 aromatic carbocycles. The highest BCUT2D eigenvalue weighted by Gasteiger charge is 2.13. The molecule has 0 fully saturated rings. The summed E-state index contributed by atoms with van der Waals surface area (Å²) >= 11 is 0. The van der Waals surface area contributed by atoms with Gasteiger partial charge in [-0.15, -0.1) is 6.58 Å². The predicted molar refractivity (Wildman–Crippen MR) is 46.3 cm³/mol. The quantitative estimate of drug-likeness (QED) is 0.572. The van der Waals surface area contributed by atoms with Crippen molar-refractivity contribution in [2.75, 3.05) is 6.61 Å². The first-order valence-corrected chi connectivity index (χ1v) is 4.17. The van der Waals surface area contributed by atoms with Gasteiger partial charge in [0.1, 0.15) is 0 Å². The molecule has 11 heavy (non-hydrogen) atoms. The Morgan fingerprint density at radius 2 is 2.18 bits per heavy atom. The first-order valence-electron chi connectivity index (χ1n) is 4.17. The minimum absolute atomic E-state index is 0.00557. The van der Waals surface area contributed by atoms with E-state index in [2.05, 4.69) is 13.5 Å². The zero-order chi connectivity index (χ0) is 8.69. The van der Waals surface area contributed by atoms with E-state index < -0.39 is 6.10 Å². The number of hydrogen-bond donors (Lipinski definition) is 2. The molecule has 66 valence electrons. The summed E-state index contributed by atoms with van der Waals surface area (Å²) in [6, 6.07) is 0. The summed E-state index contributed by atoms with van der Waals surface area (Å²) in [6.07, 6.45) is 4.03. The summed E-state index contributed by atoms with van der Waals surface area (Å²) in [5.74, 6) is -0.151. The van der Waals surface area contributed by atoms with Crippen molar-refractivity contribution in [1.82, 2.24) is 0 Å². The van der Waals surface area contributed by atoms with Gasteiger partial charge in [-0.1, -0.05) is 25.8 Å². The van der Waals surface area contributed by atoms with Gasteiger partial charge in [0, 0.05) is 5.92 Å². The van der Waals surface area contributed by atoms with Crippen molar-refractivity contribution in [3.63, 3.8) is 0 Å². The fourth-order valence-electron chi connectivity index (χ4n) is 0.981. The second kappa shape index (κ2) is 6.38. The molecule has 2 nitrogen and oxygen atoms in total. The average Bonchev–Trinajstić information content (AvgIpc) is 2.03. The lowest BCUT2D eigenvalue weighted by Gasteiger charge is -2.16. The lowest BCUT2D eigenvalue weighted by molar-refractivity contribution is 0.0831. The Morgan fingerprint density at radius 1 is 1.55 bits per heavy atom. The van der Waals surface area contributed by atoms with Crippen molar-refractivity contribution < 1.29 is 10.2 Å². The van der Waals surface area contributed by atoms with Crippen molar-refractivity contribution in [3.05, 3.63) is 12.7 Å². The number of hydrogen-bond acceptors (Lipinski definition) is 2. The third-order valence-electron chi connectivity index (χ3n) is 1.86. The SMILES string of the molecule is C=C[C@@H](CO)C(O)CCCC. The molecule has 0 aromatic heterocycles. The average molecular weight is 158 g/mol. The van der Waals surface area contributed by atoms with E-state index in [9.17, 15) is 5.11 Å². The normalized spacial score (nSPS) is 15.9. The Balaban J connectivity index is 3.59. The van der Waals surface area contributed by atoms with Crippen LogP contribution in [0, 0.1) is 5.92 Å². The first-order chi connectivity index (χ1) is 5.26. The molecule has 0 spiro atoms. The molecule has 2 N–H and O–H groups in total. The first kappa shape index (κ1) is 10.7. The highest BCUT2D eigenvalue weighted by molar-refractivity contribution is 4.83. The second-order valence-corrected chi connectivity index (χ2v) is 2.79. The van der Waals surface area contributed by atoms with Crippen molar-refractivity contribution in [1.29, 1.82) is 0 Å².